The number of hydrogen-bond acceptors (Lipinski definition) is 4. The number of unbranched alkanes of at least 4 members (excludes halogenated alkanes) is 2. The van der Waals surface area contributed by atoms with Crippen LogP contribution in [0.3, 0.4) is 0 Å². The first-order chi connectivity index (χ1) is 13.4. The smallest absolute Gasteiger partial charge is 0.309 e. The molecule has 0 amide bonds. The van der Waals surface area contributed by atoms with Crippen LogP contribution in [0.2, 0.25) is 0 Å². The molecule has 28 heavy (non-hydrogen) atoms. The molecule has 6 unspecified atom stereocenters. The van der Waals surface area contributed by atoms with Gasteiger partial charge in [0.2, 0.25) is 0 Å². The van der Waals surface area contributed by atoms with Crippen molar-refractivity contribution in [1.82, 2.24) is 0 Å². The highest BCUT2D eigenvalue weighted by Crippen LogP contribution is 2.50. The lowest BCUT2D eigenvalue weighted by atomic mass is 9.66. The summed E-state index contributed by atoms with van der Waals surface area (Å²) >= 11 is 0. The molecule has 0 spiro atoms. The monoisotopic (exact) mass is 394 g/mol. The predicted octanol–water partition coefficient (Wildman–Crippen LogP) is 4.01. The van der Waals surface area contributed by atoms with Crippen molar-refractivity contribution in [3.05, 3.63) is 0 Å². The quantitative estimate of drug-likeness (QED) is 0.406. The summed E-state index contributed by atoms with van der Waals surface area (Å²) < 4.78 is 11.3. The summed E-state index contributed by atoms with van der Waals surface area (Å²) in [5.74, 6) is -0.546. The Kier molecular flexibility index (Phi) is 5.98. The summed E-state index contributed by atoms with van der Waals surface area (Å²) in [6, 6.07) is 0. The highest BCUT2D eigenvalue weighted by atomic mass is 16.6. The lowest BCUT2D eigenvalue weighted by Gasteiger charge is -2.37. The van der Waals surface area contributed by atoms with Gasteiger partial charge in [-0.3, -0.25) is 9.59 Å². The topological polar surface area (TPSA) is 99.7 Å². The second kappa shape index (κ2) is 8.31. The van der Waals surface area contributed by atoms with Crippen molar-refractivity contribution in [2.24, 2.45) is 17.3 Å². The van der Waals surface area contributed by atoms with E-state index in [0.29, 0.717) is 49.1 Å². The van der Waals surface area contributed by atoms with E-state index in [0.717, 1.165) is 64.2 Å². The van der Waals surface area contributed by atoms with E-state index in [1.54, 1.807) is 0 Å². The van der Waals surface area contributed by atoms with Crippen LogP contribution in [-0.2, 0) is 19.1 Å². The van der Waals surface area contributed by atoms with Crippen LogP contribution >= 0.6 is 0 Å². The molecule has 6 atom stereocenters. The molecule has 0 aromatic heterocycles. The van der Waals surface area contributed by atoms with Crippen molar-refractivity contribution in [3.63, 3.8) is 0 Å². The standard InChI is InChI=1S/C22H34O6/c23-20(24)4-2-1-3-9-22(21(25)26,12-14-5-7-16-18(10-14)27-16)13-15-6-8-17-19(11-15)28-17/h14-19H,1-13H2,(H,23,24)(H,25,26). The number of aliphatic carboxylic acids is 2. The number of ether oxygens (including phenoxy) is 2. The third kappa shape index (κ3) is 4.88. The zero-order valence-corrected chi connectivity index (χ0v) is 16.7. The van der Waals surface area contributed by atoms with Crippen LogP contribution in [0.4, 0.5) is 0 Å². The maximum Gasteiger partial charge on any atom is 0.309 e. The lowest BCUT2D eigenvalue weighted by Crippen LogP contribution is -2.37. The number of fused-ring (bicyclic) bond motifs is 2. The summed E-state index contributed by atoms with van der Waals surface area (Å²) in [7, 11) is 0. The first kappa shape index (κ1) is 20.1. The third-order valence-electron chi connectivity index (χ3n) is 7.58. The molecule has 0 aromatic rings. The number of rotatable bonds is 11. The lowest BCUT2D eigenvalue weighted by molar-refractivity contribution is -0.152. The van der Waals surface area contributed by atoms with Crippen LogP contribution in [0.5, 0.6) is 0 Å². The molecule has 2 N–H and O–H groups in total. The summed E-state index contributed by atoms with van der Waals surface area (Å²) in [5.41, 5.74) is -0.679. The zero-order valence-electron chi connectivity index (χ0n) is 16.7. The van der Waals surface area contributed by atoms with Gasteiger partial charge in [-0.25, -0.2) is 0 Å². The first-order valence-corrected chi connectivity index (χ1v) is 11.2. The van der Waals surface area contributed by atoms with E-state index in [1.165, 1.54) is 0 Å². The van der Waals surface area contributed by atoms with Crippen LogP contribution in [0, 0.1) is 17.3 Å². The van der Waals surface area contributed by atoms with Gasteiger partial charge in [0.25, 0.3) is 0 Å². The molecule has 4 fully saturated rings. The Hall–Kier alpha value is -1.14. The maximum atomic E-state index is 12.6. The fourth-order valence-corrected chi connectivity index (χ4v) is 5.93. The summed E-state index contributed by atoms with van der Waals surface area (Å²) in [5, 5.41) is 19.2. The van der Waals surface area contributed by atoms with Crippen molar-refractivity contribution >= 4 is 11.9 Å². The van der Waals surface area contributed by atoms with Crippen LogP contribution in [0.15, 0.2) is 0 Å². The Bertz CT molecular complexity index is 560. The molecule has 2 aliphatic carbocycles. The molecule has 0 aromatic carbocycles. The Balaban J connectivity index is 1.39. The van der Waals surface area contributed by atoms with E-state index in [1.807, 2.05) is 0 Å². The Morgan fingerprint density at radius 1 is 0.786 bits per heavy atom. The SMILES string of the molecule is O=C(O)CCCCCC(CC1CCC2OC2C1)(CC1CCC2OC2C1)C(=O)O. The van der Waals surface area contributed by atoms with Crippen LogP contribution in [0.1, 0.15) is 83.5 Å². The second-order valence-electron chi connectivity index (χ2n) is 9.73. The van der Waals surface area contributed by atoms with Crippen molar-refractivity contribution in [1.29, 1.82) is 0 Å². The molecule has 158 valence electrons. The fourth-order valence-electron chi connectivity index (χ4n) is 5.93. The van der Waals surface area contributed by atoms with Crippen molar-refractivity contribution < 1.29 is 29.3 Å². The van der Waals surface area contributed by atoms with Crippen molar-refractivity contribution in [3.8, 4) is 0 Å². The van der Waals surface area contributed by atoms with E-state index in [9.17, 15) is 14.7 Å². The third-order valence-corrected chi connectivity index (χ3v) is 7.58. The fraction of sp³-hybridized carbons (Fsp3) is 0.909. The van der Waals surface area contributed by atoms with Gasteiger partial charge < -0.3 is 19.7 Å². The van der Waals surface area contributed by atoms with Crippen LogP contribution < -0.4 is 0 Å². The van der Waals surface area contributed by atoms with Gasteiger partial charge in [-0.15, -0.1) is 0 Å². The molecule has 2 saturated heterocycles. The number of hydrogen-bond donors (Lipinski definition) is 2. The van der Waals surface area contributed by atoms with E-state index in [2.05, 4.69) is 0 Å². The summed E-state index contributed by atoms with van der Waals surface area (Å²) in [6.07, 6.45) is 12.5. The van der Waals surface area contributed by atoms with Gasteiger partial charge in [0, 0.05) is 6.42 Å². The van der Waals surface area contributed by atoms with E-state index < -0.39 is 17.4 Å². The number of carboxylic acid groups (broad SMARTS) is 2. The molecular formula is C22H34O6. The number of carboxylic acids is 2. The summed E-state index contributed by atoms with van der Waals surface area (Å²) in [4.78, 5) is 23.3. The molecule has 6 nitrogen and oxygen atoms in total. The van der Waals surface area contributed by atoms with Gasteiger partial charge >= 0.3 is 11.9 Å². The zero-order chi connectivity index (χ0) is 19.7. The molecule has 2 heterocycles. The van der Waals surface area contributed by atoms with Gasteiger partial charge in [0.15, 0.2) is 0 Å². The van der Waals surface area contributed by atoms with Gasteiger partial charge in [-0.2, -0.15) is 0 Å². The molecule has 4 rings (SSSR count). The minimum atomic E-state index is -0.771. The first-order valence-electron chi connectivity index (χ1n) is 11.2. The minimum absolute atomic E-state index is 0.173. The van der Waals surface area contributed by atoms with Crippen molar-refractivity contribution in [2.75, 3.05) is 0 Å². The van der Waals surface area contributed by atoms with Crippen LogP contribution in [-0.4, -0.2) is 46.6 Å². The van der Waals surface area contributed by atoms with E-state index >= 15 is 0 Å². The minimum Gasteiger partial charge on any atom is -0.481 e. The Morgan fingerprint density at radius 2 is 1.36 bits per heavy atom. The van der Waals surface area contributed by atoms with Gasteiger partial charge in [0.1, 0.15) is 0 Å². The van der Waals surface area contributed by atoms with Gasteiger partial charge in [-0.05, 0) is 76.0 Å². The molecule has 0 radical (unpaired) electrons. The Labute approximate surface area is 167 Å². The molecule has 2 saturated carbocycles. The Morgan fingerprint density at radius 3 is 1.82 bits per heavy atom. The van der Waals surface area contributed by atoms with Crippen LogP contribution in [0.25, 0.3) is 0 Å². The summed E-state index contributed by atoms with van der Waals surface area (Å²) in [6.45, 7) is 0. The largest absolute Gasteiger partial charge is 0.481 e. The molecule has 2 aliphatic heterocycles. The average Bonchev–Trinajstić information content (AvgIpc) is 3.54. The van der Waals surface area contributed by atoms with E-state index in [-0.39, 0.29) is 6.42 Å². The number of epoxide rings is 2. The number of carbonyl (C=O) groups is 2. The highest BCUT2D eigenvalue weighted by Gasteiger charge is 2.50. The predicted molar refractivity (Wildman–Crippen MR) is 102 cm³/mol. The molecular weight excluding hydrogens is 360 g/mol. The normalized spacial score (nSPS) is 38.0. The molecule has 6 heteroatoms. The second-order valence-corrected chi connectivity index (χ2v) is 9.73. The molecule has 0 bridgehead atoms. The average molecular weight is 395 g/mol. The maximum absolute atomic E-state index is 12.6. The van der Waals surface area contributed by atoms with Gasteiger partial charge in [0.05, 0.1) is 29.8 Å². The molecule has 4 aliphatic rings. The van der Waals surface area contributed by atoms with Gasteiger partial charge in [-0.1, -0.05) is 12.8 Å². The van der Waals surface area contributed by atoms with E-state index in [4.69, 9.17) is 14.6 Å². The van der Waals surface area contributed by atoms with Crippen molar-refractivity contribution in [2.45, 2.75) is 108 Å². The highest BCUT2D eigenvalue weighted by molar-refractivity contribution is 5.74.